The van der Waals surface area contributed by atoms with E-state index in [0.29, 0.717) is 0 Å². The summed E-state index contributed by atoms with van der Waals surface area (Å²) in [5.41, 5.74) is -0.222. The summed E-state index contributed by atoms with van der Waals surface area (Å²) in [4.78, 5) is 0. The first-order valence-electron chi connectivity index (χ1n) is 10.7. The molecule has 1 nitrogen and oxygen atoms in total. The molecule has 1 fully saturated rings. The Balaban J connectivity index is 2.93. The van der Waals surface area contributed by atoms with Crippen molar-refractivity contribution in [2.75, 3.05) is 0 Å². The second-order valence-electron chi connectivity index (χ2n) is 9.19. The van der Waals surface area contributed by atoms with Crippen LogP contribution in [-0.2, 0) is 0 Å². The minimum absolute atomic E-state index is 0.231. The Bertz CT molecular complexity index is 352. The van der Waals surface area contributed by atoms with E-state index in [1.165, 1.54) is 51.4 Å². The molecule has 1 saturated carbocycles. The van der Waals surface area contributed by atoms with Gasteiger partial charge in [0, 0.05) is 0 Å². The van der Waals surface area contributed by atoms with Gasteiger partial charge in [-0.3, -0.25) is 0 Å². The number of unbranched alkanes of at least 4 members (excludes halogenated alkanes) is 3. The van der Waals surface area contributed by atoms with Gasteiger partial charge in [0.15, 0.2) is 0 Å². The molecular formula is C22H44OSn. The van der Waals surface area contributed by atoms with Gasteiger partial charge in [-0.2, -0.15) is 0 Å². The van der Waals surface area contributed by atoms with Crippen molar-refractivity contribution in [3.05, 3.63) is 10.2 Å². The van der Waals surface area contributed by atoms with Gasteiger partial charge in [0.25, 0.3) is 0 Å². The number of hydrogen-bond acceptors (Lipinski definition) is 1. The Labute approximate surface area is 156 Å². The number of rotatable bonds is 11. The van der Waals surface area contributed by atoms with Gasteiger partial charge in [-0.15, -0.1) is 0 Å². The normalized spacial score (nSPS) is 28.6. The third kappa shape index (κ3) is 7.81. The molecule has 1 N–H and O–H groups in total. The van der Waals surface area contributed by atoms with Crippen molar-refractivity contribution in [3.8, 4) is 0 Å². The summed E-state index contributed by atoms with van der Waals surface area (Å²) in [7, 11) is 0. The monoisotopic (exact) mass is 444 g/mol. The summed E-state index contributed by atoms with van der Waals surface area (Å²) in [6.07, 6.45) is 15.3. The van der Waals surface area contributed by atoms with Gasteiger partial charge in [-0.1, -0.05) is 0 Å². The van der Waals surface area contributed by atoms with Crippen LogP contribution in [0.1, 0.15) is 98.8 Å². The molecule has 0 heterocycles. The summed E-state index contributed by atoms with van der Waals surface area (Å²) in [5, 5.41) is 10.5. The molecule has 24 heavy (non-hydrogen) atoms. The second-order valence-corrected chi connectivity index (χ2v) is 22.2. The van der Waals surface area contributed by atoms with E-state index in [-0.39, 0.29) is 5.41 Å². The molecule has 1 aliphatic rings. The van der Waals surface area contributed by atoms with E-state index < -0.39 is 24.0 Å². The zero-order valence-electron chi connectivity index (χ0n) is 17.3. The van der Waals surface area contributed by atoms with Crippen molar-refractivity contribution in [2.24, 2.45) is 5.41 Å². The molecule has 0 radical (unpaired) electrons. The SMILES string of the molecule is CCC[CH2][Sn](/[CH]=C\[C@@]1(C)CCC[C@](C)(O)C1)([CH2]CCC)[CH2]CCC. The maximum atomic E-state index is 10.5. The van der Waals surface area contributed by atoms with Crippen molar-refractivity contribution < 1.29 is 5.11 Å². The van der Waals surface area contributed by atoms with Crippen LogP contribution >= 0.6 is 0 Å². The summed E-state index contributed by atoms with van der Waals surface area (Å²) >= 11 is -2.17. The van der Waals surface area contributed by atoms with E-state index in [4.69, 9.17) is 0 Å². The maximum absolute atomic E-state index is 10.5. The van der Waals surface area contributed by atoms with Crippen molar-refractivity contribution in [1.82, 2.24) is 0 Å². The Morgan fingerprint density at radius 3 is 1.79 bits per heavy atom. The average Bonchev–Trinajstić information content (AvgIpc) is 2.52. The van der Waals surface area contributed by atoms with E-state index in [0.717, 1.165) is 12.8 Å². The Morgan fingerprint density at radius 2 is 1.38 bits per heavy atom. The summed E-state index contributed by atoms with van der Waals surface area (Å²) in [6.45, 7) is 11.5. The van der Waals surface area contributed by atoms with E-state index in [1.54, 1.807) is 13.3 Å². The molecule has 0 unspecified atom stereocenters. The zero-order chi connectivity index (χ0) is 18.1. The van der Waals surface area contributed by atoms with E-state index >= 15 is 0 Å². The molecule has 1 rings (SSSR count). The average molecular weight is 443 g/mol. The summed E-state index contributed by atoms with van der Waals surface area (Å²) in [6, 6.07) is 0. The molecule has 142 valence electrons. The van der Waals surface area contributed by atoms with Gasteiger partial charge in [0.05, 0.1) is 0 Å². The van der Waals surface area contributed by atoms with Crippen molar-refractivity contribution in [2.45, 2.75) is 118 Å². The first-order valence-corrected chi connectivity index (χ1v) is 18.4. The van der Waals surface area contributed by atoms with Crippen molar-refractivity contribution in [1.29, 1.82) is 0 Å². The first-order chi connectivity index (χ1) is 11.3. The topological polar surface area (TPSA) is 20.2 Å². The van der Waals surface area contributed by atoms with Gasteiger partial charge < -0.3 is 0 Å². The quantitative estimate of drug-likeness (QED) is 0.333. The molecule has 0 spiro atoms. The predicted octanol–water partition coefficient (Wildman–Crippen LogP) is 7.26. The molecule has 1 aliphatic carbocycles. The van der Waals surface area contributed by atoms with Crippen LogP contribution in [0.2, 0.25) is 13.3 Å². The van der Waals surface area contributed by atoms with E-state index in [2.05, 4.69) is 37.9 Å². The first kappa shape index (κ1) is 22.5. The second kappa shape index (κ2) is 10.6. The van der Waals surface area contributed by atoms with Crippen molar-refractivity contribution >= 4 is 18.4 Å². The fraction of sp³-hybridized carbons (Fsp3) is 0.909. The molecule has 2 heteroatoms. The number of hydrogen-bond donors (Lipinski definition) is 1. The standard InChI is InChI=1S/C10H17O.3C4H9.Sn/c1-4-9(2)6-5-7-10(3,11)8-9;3*1-3-4-2;/h1,4,11H,5-8H2,2-3H3;3*1,3-4H2,2H3;/t9-,10-;;;;/m0..../s1. The fourth-order valence-electron chi connectivity index (χ4n) is 4.65. The molecule has 2 atom stereocenters. The van der Waals surface area contributed by atoms with Crippen LogP contribution in [0.15, 0.2) is 10.2 Å². The van der Waals surface area contributed by atoms with Crippen LogP contribution in [0.3, 0.4) is 0 Å². The van der Waals surface area contributed by atoms with Crippen LogP contribution in [0.4, 0.5) is 0 Å². The molecule has 0 bridgehead atoms. The molecule has 0 saturated heterocycles. The van der Waals surface area contributed by atoms with E-state index in [9.17, 15) is 5.11 Å². The summed E-state index contributed by atoms with van der Waals surface area (Å²) < 4.78 is 7.47. The molecule has 0 amide bonds. The minimum atomic E-state index is -2.17. The van der Waals surface area contributed by atoms with Crippen LogP contribution < -0.4 is 0 Å². The van der Waals surface area contributed by atoms with Gasteiger partial charge in [0.2, 0.25) is 0 Å². The molecule has 0 aromatic rings. The van der Waals surface area contributed by atoms with Gasteiger partial charge in [-0.05, 0) is 0 Å². The van der Waals surface area contributed by atoms with Crippen LogP contribution in [0.25, 0.3) is 0 Å². The summed E-state index contributed by atoms with van der Waals surface area (Å²) in [5.74, 6) is 0. The number of aliphatic hydroxyl groups is 1. The molecule has 0 aliphatic heterocycles. The van der Waals surface area contributed by atoms with Crippen LogP contribution in [-0.4, -0.2) is 29.1 Å². The Morgan fingerprint density at radius 1 is 0.875 bits per heavy atom. The van der Waals surface area contributed by atoms with Crippen LogP contribution in [0, 0.1) is 5.41 Å². The zero-order valence-corrected chi connectivity index (χ0v) is 20.1. The van der Waals surface area contributed by atoms with Gasteiger partial charge in [-0.25, -0.2) is 0 Å². The van der Waals surface area contributed by atoms with Crippen LogP contribution in [0.5, 0.6) is 0 Å². The van der Waals surface area contributed by atoms with Crippen molar-refractivity contribution in [3.63, 3.8) is 0 Å². The third-order valence-corrected chi connectivity index (χ3v) is 20.2. The molecular weight excluding hydrogens is 399 g/mol. The third-order valence-electron chi connectivity index (χ3n) is 6.17. The molecule has 0 aromatic heterocycles. The fourth-order valence-corrected chi connectivity index (χ4v) is 19.4. The van der Waals surface area contributed by atoms with Gasteiger partial charge >= 0.3 is 157 Å². The van der Waals surface area contributed by atoms with Gasteiger partial charge in [0.1, 0.15) is 0 Å². The predicted molar refractivity (Wildman–Crippen MR) is 111 cm³/mol. The number of allylic oxidation sites excluding steroid dienone is 1. The Hall–Kier alpha value is 0.499. The Kier molecular flexibility index (Phi) is 9.95. The molecule has 0 aromatic carbocycles. The van der Waals surface area contributed by atoms with E-state index in [1.807, 2.05) is 6.92 Å².